The zero-order chi connectivity index (χ0) is 29.4. The highest BCUT2D eigenvalue weighted by Crippen LogP contribution is 2.27. The Bertz CT molecular complexity index is 1420. The molecule has 0 aromatic heterocycles. The van der Waals surface area contributed by atoms with E-state index in [1.54, 1.807) is 61.5 Å². The van der Waals surface area contributed by atoms with Crippen LogP contribution in [0.1, 0.15) is 26.3 Å². The molecular formula is C29H33Cl2N3O5S. The molecule has 0 unspecified atom stereocenters. The van der Waals surface area contributed by atoms with Crippen LogP contribution in [0.15, 0.2) is 72.8 Å². The molecule has 1 N–H and O–H groups in total. The lowest BCUT2D eigenvalue weighted by atomic mass is 10.1. The molecule has 0 aliphatic rings. The average Bonchev–Trinajstić information content (AvgIpc) is 2.90. The lowest BCUT2D eigenvalue weighted by molar-refractivity contribution is -0.139. The molecule has 0 heterocycles. The molecule has 0 saturated heterocycles. The molecule has 40 heavy (non-hydrogen) atoms. The summed E-state index contributed by atoms with van der Waals surface area (Å²) < 4.78 is 32.4. The lowest BCUT2D eigenvalue weighted by Gasteiger charge is -2.32. The van der Waals surface area contributed by atoms with Crippen molar-refractivity contribution in [1.82, 2.24) is 10.2 Å². The van der Waals surface area contributed by atoms with Crippen LogP contribution in [0.25, 0.3) is 0 Å². The zero-order valence-corrected chi connectivity index (χ0v) is 25.1. The molecule has 0 aliphatic carbocycles. The molecule has 8 nitrogen and oxygen atoms in total. The number of nitrogens with zero attached hydrogens (tertiary/aromatic N) is 2. The summed E-state index contributed by atoms with van der Waals surface area (Å²) in [6, 6.07) is 19.5. The highest BCUT2D eigenvalue weighted by atomic mass is 35.5. The quantitative estimate of drug-likeness (QED) is 0.284. The zero-order valence-electron chi connectivity index (χ0n) is 22.8. The fourth-order valence-corrected chi connectivity index (χ4v) is 5.11. The predicted octanol–water partition coefficient (Wildman–Crippen LogP) is 5.74. The Kier molecular flexibility index (Phi) is 10.8. The van der Waals surface area contributed by atoms with Crippen LogP contribution in [-0.4, -0.2) is 50.5 Å². The molecule has 1 atom stereocenters. The van der Waals surface area contributed by atoms with Crippen molar-refractivity contribution >= 4 is 50.7 Å². The van der Waals surface area contributed by atoms with Crippen molar-refractivity contribution in [1.29, 1.82) is 0 Å². The van der Waals surface area contributed by atoms with Gasteiger partial charge in [-0.2, -0.15) is 0 Å². The van der Waals surface area contributed by atoms with Crippen molar-refractivity contribution in [2.45, 2.75) is 33.4 Å². The van der Waals surface area contributed by atoms with Crippen molar-refractivity contribution in [3.63, 3.8) is 0 Å². The van der Waals surface area contributed by atoms with Crippen molar-refractivity contribution < 1.29 is 22.7 Å². The number of hydrogen-bond donors (Lipinski definition) is 1. The second-order valence-electron chi connectivity index (χ2n) is 9.75. The van der Waals surface area contributed by atoms with Gasteiger partial charge in [-0.1, -0.05) is 61.3 Å². The van der Waals surface area contributed by atoms with Gasteiger partial charge in [0.05, 0.1) is 11.9 Å². The maximum Gasteiger partial charge on any atom is 0.244 e. The molecule has 3 aromatic carbocycles. The Hall–Kier alpha value is -3.27. The van der Waals surface area contributed by atoms with Gasteiger partial charge in [0.1, 0.15) is 24.1 Å². The molecule has 3 aromatic rings. The standard InChI is InChI=1S/C29H33Cl2N3O5S/c1-20(2)17-32-29(36)21(3)33(18-22-10-11-23(30)16-27(22)31)28(35)19-34(40(4,37)38)24-12-14-26(15-13-24)39-25-8-6-5-7-9-25/h5-16,20-21H,17-19H2,1-4H3,(H,32,36)/t21-/m1/s1. The normalized spacial score (nSPS) is 12.1. The lowest BCUT2D eigenvalue weighted by Crippen LogP contribution is -2.51. The SMILES string of the molecule is CC(C)CNC(=O)[C@@H](C)N(Cc1ccc(Cl)cc1Cl)C(=O)CN(c1ccc(Oc2ccccc2)cc1)S(C)(=O)=O. The highest BCUT2D eigenvalue weighted by Gasteiger charge is 2.30. The molecule has 0 radical (unpaired) electrons. The Morgan fingerprint density at radius 1 is 0.925 bits per heavy atom. The summed E-state index contributed by atoms with van der Waals surface area (Å²) in [4.78, 5) is 28.0. The first-order chi connectivity index (χ1) is 18.8. The van der Waals surface area contributed by atoms with E-state index in [2.05, 4.69) is 5.32 Å². The minimum Gasteiger partial charge on any atom is -0.457 e. The first kappa shape index (κ1) is 31.3. The van der Waals surface area contributed by atoms with Crippen molar-refractivity contribution in [3.8, 4) is 11.5 Å². The van der Waals surface area contributed by atoms with E-state index in [9.17, 15) is 18.0 Å². The number of rotatable bonds is 12. The van der Waals surface area contributed by atoms with E-state index in [0.29, 0.717) is 33.7 Å². The van der Waals surface area contributed by atoms with Gasteiger partial charge in [-0.25, -0.2) is 8.42 Å². The number of benzene rings is 3. The third-order valence-electron chi connectivity index (χ3n) is 5.99. The van der Waals surface area contributed by atoms with Crippen LogP contribution in [0.5, 0.6) is 11.5 Å². The van der Waals surface area contributed by atoms with E-state index in [-0.39, 0.29) is 24.1 Å². The van der Waals surface area contributed by atoms with Crippen LogP contribution in [0.4, 0.5) is 5.69 Å². The first-order valence-electron chi connectivity index (χ1n) is 12.7. The Balaban J connectivity index is 1.87. The molecule has 2 amide bonds. The number of ether oxygens (including phenoxy) is 1. The van der Waals surface area contributed by atoms with Gasteiger partial charge in [0.2, 0.25) is 21.8 Å². The van der Waals surface area contributed by atoms with Crippen LogP contribution in [0.3, 0.4) is 0 Å². The number of amides is 2. The maximum atomic E-state index is 13.7. The van der Waals surface area contributed by atoms with Gasteiger partial charge in [-0.15, -0.1) is 0 Å². The Labute approximate surface area is 245 Å². The number of hydrogen-bond acceptors (Lipinski definition) is 5. The first-order valence-corrected chi connectivity index (χ1v) is 15.3. The summed E-state index contributed by atoms with van der Waals surface area (Å²) in [5, 5.41) is 3.59. The number of para-hydroxylation sites is 1. The van der Waals surface area contributed by atoms with Crippen molar-refractivity contribution in [3.05, 3.63) is 88.4 Å². The fourth-order valence-electron chi connectivity index (χ4n) is 3.79. The maximum absolute atomic E-state index is 13.7. The number of anilines is 1. The average molecular weight is 607 g/mol. The Morgan fingerprint density at radius 3 is 2.12 bits per heavy atom. The van der Waals surface area contributed by atoms with Gasteiger partial charge >= 0.3 is 0 Å². The van der Waals surface area contributed by atoms with Crippen molar-refractivity contribution in [2.75, 3.05) is 23.7 Å². The Morgan fingerprint density at radius 2 is 1.55 bits per heavy atom. The number of halogens is 2. The summed E-state index contributed by atoms with van der Waals surface area (Å²) in [6.45, 7) is 5.40. The molecule has 0 fully saturated rings. The highest BCUT2D eigenvalue weighted by molar-refractivity contribution is 7.92. The van der Waals surface area contributed by atoms with Crippen LogP contribution in [0.2, 0.25) is 10.0 Å². The van der Waals surface area contributed by atoms with Crippen LogP contribution in [0, 0.1) is 5.92 Å². The number of nitrogens with one attached hydrogen (secondary N) is 1. The summed E-state index contributed by atoms with van der Waals surface area (Å²) in [6.07, 6.45) is 1.02. The van der Waals surface area contributed by atoms with Gasteiger partial charge in [-0.05, 0) is 66.9 Å². The largest absolute Gasteiger partial charge is 0.457 e. The molecule has 0 aliphatic heterocycles. The van der Waals surface area contributed by atoms with E-state index in [1.807, 2.05) is 32.0 Å². The van der Waals surface area contributed by atoms with E-state index in [1.165, 1.54) is 4.90 Å². The molecule has 214 valence electrons. The molecule has 0 saturated carbocycles. The number of carbonyl (C=O) groups is 2. The summed E-state index contributed by atoms with van der Waals surface area (Å²) in [5.74, 6) is 0.407. The third-order valence-corrected chi connectivity index (χ3v) is 7.72. The summed E-state index contributed by atoms with van der Waals surface area (Å²) >= 11 is 12.4. The van der Waals surface area contributed by atoms with Crippen LogP contribution >= 0.6 is 23.2 Å². The second-order valence-corrected chi connectivity index (χ2v) is 12.5. The van der Waals surface area contributed by atoms with E-state index >= 15 is 0 Å². The van der Waals surface area contributed by atoms with Crippen LogP contribution < -0.4 is 14.4 Å². The molecule has 11 heteroatoms. The molecule has 3 rings (SSSR count). The van der Waals surface area contributed by atoms with Gasteiger partial charge in [-0.3, -0.25) is 13.9 Å². The predicted molar refractivity (Wildman–Crippen MR) is 159 cm³/mol. The third kappa shape index (κ3) is 8.87. The molecule has 0 bridgehead atoms. The number of sulfonamides is 1. The second kappa shape index (κ2) is 13.9. The fraction of sp³-hybridized carbons (Fsp3) is 0.310. The monoisotopic (exact) mass is 605 g/mol. The van der Waals surface area contributed by atoms with Gasteiger partial charge in [0, 0.05) is 23.1 Å². The van der Waals surface area contributed by atoms with E-state index in [0.717, 1.165) is 10.6 Å². The molecular weight excluding hydrogens is 573 g/mol. The van der Waals surface area contributed by atoms with Gasteiger partial charge in [0.15, 0.2) is 0 Å². The molecule has 0 spiro atoms. The minimum absolute atomic E-state index is 0.0213. The summed E-state index contributed by atoms with van der Waals surface area (Å²) in [7, 11) is -3.87. The van der Waals surface area contributed by atoms with Gasteiger partial charge in [0.25, 0.3) is 0 Å². The number of carbonyl (C=O) groups excluding carboxylic acids is 2. The minimum atomic E-state index is -3.87. The van der Waals surface area contributed by atoms with Gasteiger partial charge < -0.3 is 15.0 Å². The topological polar surface area (TPSA) is 96.0 Å². The summed E-state index contributed by atoms with van der Waals surface area (Å²) in [5.41, 5.74) is 0.842. The van der Waals surface area contributed by atoms with Crippen LogP contribution in [-0.2, 0) is 26.2 Å². The van der Waals surface area contributed by atoms with Crippen molar-refractivity contribution in [2.24, 2.45) is 5.92 Å². The van der Waals surface area contributed by atoms with E-state index in [4.69, 9.17) is 27.9 Å². The van der Waals surface area contributed by atoms with E-state index < -0.39 is 28.5 Å². The smallest absolute Gasteiger partial charge is 0.244 e.